The fourth-order valence-electron chi connectivity index (χ4n) is 4.58. The van der Waals surface area contributed by atoms with Crippen molar-refractivity contribution in [1.82, 2.24) is 14.9 Å². The number of nitrogens with zero attached hydrogens (tertiary/aromatic N) is 3. The molecule has 8 nitrogen and oxygen atoms in total. The minimum atomic E-state index is -4.00. The number of hydrogen-bond acceptors (Lipinski definition) is 7. The summed E-state index contributed by atoms with van der Waals surface area (Å²) in [5.74, 6) is 1.20. The Kier molecular flexibility index (Phi) is 8.65. The Bertz CT molecular complexity index is 1630. The van der Waals surface area contributed by atoms with Gasteiger partial charge in [-0.05, 0) is 99.4 Å². The van der Waals surface area contributed by atoms with Crippen LogP contribution < -0.4 is 14.2 Å². The second-order valence-corrected chi connectivity index (χ2v) is 12.4. The van der Waals surface area contributed by atoms with Gasteiger partial charge in [-0.2, -0.15) is 0 Å². The number of pyridine rings is 2. The number of rotatable bonds is 9. The first-order chi connectivity index (χ1) is 19.2. The van der Waals surface area contributed by atoms with E-state index in [0.717, 1.165) is 31.5 Å². The van der Waals surface area contributed by atoms with Crippen molar-refractivity contribution >= 4 is 49.9 Å². The van der Waals surface area contributed by atoms with Crippen molar-refractivity contribution in [3.05, 3.63) is 82.0 Å². The summed E-state index contributed by atoms with van der Waals surface area (Å²) in [5.41, 5.74) is 2.50. The maximum atomic E-state index is 13.3. The van der Waals surface area contributed by atoms with E-state index in [1.165, 1.54) is 6.07 Å². The van der Waals surface area contributed by atoms with Crippen LogP contribution in [0.3, 0.4) is 0 Å². The quantitative estimate of drug-likeness (QED) is 0.239. The van der Waals surface area contributed by atoms with Gasteiger partial charge >= 0.3 is 0 Å². The minimum Gasteiger partial charge on any atom is -0.492 e. The van der Waals surface area contributed by atoms with Gasteiger partial charge in [-0.15, -0.1) is 0 Å². The molecule has 11 heteroatoms. The number of halogens is 2. The molecule has 0 amide bonds. The molecule has 210 valence electrons. The van der Waals surface area contributed by atoms with Crippen LogP contribution in [0, 0.1) is 12.8 Å². The molecule has 0 bridgehead atoms. The van der Waals surface area contributed by atoms with E-state index in [-0.39, 0.29) is 23.1 Å². The molecular weight excluding hydrogens is 571 g/mol. The van der Waals surface area contributed by atoms with Gasteiger partial charge in [0.2, 0.25) is 5.88 Å². The highest BCUT2D eigenvalue weighted by Gasteiger charge is 2.22. The Hall–Kier alpha value is -3.11. The summed E-state index contributed by atoms with van der Waals surface area (Å²) in [5, 5.41) is 0.881. The lowest BCUT2D eigenvalue weighted by Gasteiger charge is -2.28. The minimum absolute atomic E-state index is 0.0659. The predicted octanol–water partition coefficient (Wildman–Crippen LogP) is 6.35. The lowest BCUT2D eigenvalue weighted by atomic mass is 9.98. The highest BCUT2D eigenvalue weighted by atomic mass is 35.5. The fourth-order valence-corrected chi connectivity index (χ4v) is 6.30. The van der Waals surface area contributed by atoms with Gasteiger partial charge in [0.15, 0.2) is 0 Å². The second-order valence-electron chi connectivity index (χ2n) is 9.96. The van der Waals surface area contributed by atoms with Crippen molar-refractivity contribution in [2.75, 3.05) is 31.5 Å². The van der Waals surface area contributed by atoms with Crippen molar-refractivity contribution in [3.8, 4) is 11.6 Å². The normalized spacial score (nSPS) is 14.8. The second kappa shape index (κ2) is 12.2. The number of benzene rings is 2. The van der Waals surface area contributed by atoms with Crippen LogP contribution in [0.15, 0.2) is 65.7 Å². The molecular formula is C29H30Cl2N4O4S. The van der Waals surface area contributed by atoms with E-state index in [9.17, 15) is 8.42 Å². The molecule has 1 aliphatic heterocycles. The molecule has 0 radical (unpaired) electrons. The number of likely N-dealkylation sites (tertiary alicyclic amines) is 1. The van der Waals surface area contributed by atoms with Crippen LogP contribution in [0.1, 0.15) is 24.0 Å². The van der Waals surface area contributed by atoms with Crippen LogP contribution in [0.25, 0.3) is 11.0 Å². The van der Waals surface area contributed by atoms with Crippen molar-refractivity contribution in [2.45, 2.75) is 31.3 Å². The Labute approximate surface area is 244 Å². The first-order valence-electron chi connectivity index (χ1n) is 13.0. The molecule has 1 fully saturated rings. The number of fused-ring (bicyclic) bond motifs is 1. The van der Waals surface area contributed by atoms with Crippen LogP contribution in [-0.2, 0) is 16.6 Å². The van der Waals surface area contributed by atoms with E-state index in [0.29, 0.717) is 44.9 Å². The Morgan fingerprint density at radius 1 is 1.00 bits per heavy atom. The summed E-state index contributed by atoms with van der Waals surface area (Å²) in [6, 6.07) is 15.3. The van der Waals surface area contributed by atoms with E-state index < -0.39 is 10.0 Å². The summed E-state index contributed by atoms with van der Waals surface area (Å²) in [6.07, 6.45) is 3.80. The lowest BCUT2D eigenvalue weighted by Crippen LogP contribution is -2.32. The SMILES string of the molecule is Cc1c(Cl)cccc1S(=O)(=O)Nc1cc2ncccc2nc1OCc1ccc(Cl)c(OCC2CCN(C)CC2)c1. The zero-order chi connectivity index (χ0) is 28.3. The maximum Gasteiger partial charge on any atom is 0.262 e. The van der Waals surface area contributed by atoms with Crippen LogP contribution in [0.5, 0.6) is 11.6 Å². The zero-order valence-electron chi connectivity index (χ0n) is 22.2. The van der Waals surface area contributed by atoms with Crippen molar-refractivity contribution in [3.63, 3.8) is 0 Å². The number of hydrogen-bond donors (Lipinski definition) is 1. The highest BCUT2D eigenvalue weighted by Crippen LogP contribution is 2.32. The van der Waals surface area contributed by atoms with Gasteiger partial charge in [0.05, 0.1) is 27.6 Å². The van der Waals surface area contributed by atoms with Crippen molar-refractivity contribution in [2.24, 2.45) is 5.92 Å². The summed E-state index contributed by atoms with van der Waals surface area (Å²) in [6.45, 7) is 4.50. The molecule has 2 aromatic carbocycles. The maximum absolute atomic E-state index is 13.3. The van der Waals surface area contributed by atoms with E-state index in [4.69, 9.17) is 32.7 Å². The number of sulfonamides is 1. The molecule has 1 aliphatic rings. The molecule has 0 aliphatic carbocycles. The van der Waals surface area contributed by atoms with Gasteiger partial charge in [-0.25, -0.2) is 13.4 Å². The average Bonchev–Trinajstić information content (AvgIpc) is 2.94. The molecule has 0 saturated carbocycles. The smallest absolute Gasteiger partial charge is 0.262 e. The predicted molar refractivity (Wildman–Crippen MR) is 158 cm³/mol. The largest absolute Gasteiger partial charge is 0.492 e. The number of piperidine rings is 1. The summed E-state index contributed by atoms with van der Waals surface area (Å²) < 4.78 is 41.4. The third kappa shape index (κ3) is 6.61. The van der Waals surface area contributed by atoms with Gasteiger partial charge < -0.3 is 14.4 Å². The average molecular weight is 602 g/mol. The Balaban J connectivity index is 1.37. The monoisotopic (exact) mass is 600 g/mol. The van der Waals surface area contributed by atoms with Crippen LogP contribution in [-0.4, -0.2) is 50.0 Å². The van der Waals surface area contributed by atoms with Crippen LogP contribution in [0.2, 0.25) is 10.0 Å². The Morgan fingerprint density at radius 3 is 2.60 bits per heavy atom. The number of nitrogens with one attached hydrogen (secondary N) is 1. The van der Waals surface area contributed by atoms with Crippen molar-refractivity contribution < 1.29 is 17.9 Å². The molecule has 3 heterocycles. The standard InChI is InChI=1S/C29H30Cl2N4O4S/c1-19-22(30)5-3-7-28(19)40(36,37)34-26-16-25-24(6-4-12-32-25)33-29(26)39-18-21-8-9-23(31)27(15-21)38-17-20-10-13-35(2)14-11-20/h3-9,12,15-16,20,34H,10-11,13-14,17-18H2,1-2H3. The van der Waals surface area contributed by atoms with Crippen molar-refractivity contribution in [1.29, 1.82) is 0 Å². The molecule has 0 spiro atoms. The molecule has 0 atom stereocenters. The summed E-state index contributed by atoms with van der Waals surface area (Å²) >= 11 is 12.6. The molecule has 1 N–H and O–H groups in total. The Morgan fingerprint density at radius 2 is 1.80 bits per heavy atom. The zero-order valence-corrected chi connectivity index (χ0v) is 24.6. The number of ether oxygens (including phenoxy) is 2. The van der Waals surface area contributed by atoms with Crippen LogP contribution in [0.4, 0.5) is 5.69 Å². The van der Waals surface area contributed by atoms with E-state index in [1.807, 2.05) is 12.1 Å². The third-order valence-electron chi connectivity index (χ3n) is 6.99. The molecule has 4 aromatic rings. The molecule has 0 unspecified atom stereocenters. The van der Waals surface area contributed by atoms with Gasteiger partial charge in [-0.3, -0.25) is 9.71 Å². The highest BCUT2D eigenvalue weighted by molar-refractivity contribution is 7.92. The first-order valence-corrected chi connectivity index (χ1v) is 15.2. The van der Waals surface area contributed by atoms with E-state index >= 15 is 0 Å². The lowest BCUT2D eigenvalue weighted by molar-refractivity contribution is 0.160. The van der Waals surface area contributed by atoms with Gasteiger partial charge in [-0.1, -0.05) is 35.3 Å². The van der Waals surface area contributed by atoms with Gasteiger partial charge in [0.25, 0.3) is 10.0 Å². The topological polar surface area (TPSA) is 93.7 Å². The molecule has 5 rings (SSSR count). The fraction of sp³-hybridized carbons (Fsp3) is 0.310. The van der Waals surface area contributed by atoms with Gasteiger partial charge in [0, 0.05) is 11.2 Å². The molecule has 1 saturated heterocycles. The van der Waals surface area contributed by atoms with Crippen LogP contribution >= 0.6 is 23.2 Å². The first kappa shape index (κ1) is 28.4. The van der Waals surface area contributed by atoms with E-state index in [1.54, 1.807) is 49.5 Å². The number of anilines is 1. The molecule has 40 heavy (non-hydrogen) atoms. The molecule has 2 aromatic heterocycles. The summed E-state index contributed by atoms with van der Waals surface area (Å²) in [4.78, 5) is 11.3. The third-order valence-corrected chi connectivity index (χ3v) is 9.22. The van der Waals surface area contributed by atoms with Gasteiger partial charge in [0.1, 0.15) is 18.0 Å². The van der Waals surface area contributed by atoms with E-state index in [2.05, 4.69) is 26.6 Å². The summed E-state index contributed by atoms with van der Waals surface area (Å²) in [7, 11) is -1.87. The number of aromatic nitrogens is 2.